The molecule has 0 heterocycles. The molecule has 0 aromatic heterocycles. The van der Waals surface area contributed by atoms with Crippen LogP contribution in [0, 0.1) is 11.3 Å². The minimum Gasteiger partial charge on any atom is -0.469 e. The monoisotopic (exact) mass is 859 g/mol. The summed E-state index contributed by atoms with van der Waals surface area (Å²) in [4.78, 5) is 24.9. The van der Waals surface area contributed by atoms with Gasteiger partial charge in [0, 0.05) is 5.33 Å². The number of rotatable bonds is 38. The Bertz CT molecular complexity index is 896. The highest BCUT2D eigenvalue weighted by Crippen LogP contribution is 2.39. The van der Waals surface area contributed by atoms with Gasteiger partial charge >= 0.3 is 11.9 Å². The van der Waals surface area contributed by atoms with Gasteiger partial charge < -0.3 is 13.9 Å². The second kappa shape index (κ2) is 34.5. The van der Waals surface area contributed by atoms with Crippen molar-refractivity contribution in [1.29, 1.82) is 0 Å². The first-order valence-electron chi connectivity index (χ1n) is 23.7. The van der Waals surface area contributed by atoms with E-state index >= 15 is 0 Å². The Labute approximate surface area is 353 Å². The van der Waals surface area contributed by atoms with E-state index in [1.54, 1.807) is 7.11 Å². The summed E-state index contributed by atoms with van der Waals surface area (Å²) in [7, 11) is -0.450. The average molecular weight is 860 g/mol. The van der Waals surface area contributed by atoms with Gasteiger partial charge in [-0.1, -0.05) is 210 Å². The van der Waals surface area contributed by atoms with E-state index in [2.05, 4.69) is 49.8 Å². The fourth-order valence-electron chi connectivity index (χ4n) is 7.21. The van der Waals surface area contributed by atoms with Crippen LogP contribution >= 0.6 is 15.9 Å². The molecule has 0 unspecified atom stereocenters. The number of unbranched alkanes of at least 4 members (excludes halogenated alkanes) is 27. The normalized spacial score (nSPS) is 13.6. The van der Waals surface area contributed by atoms with Gasteiger partial charge in [0.05, 0.1) is 31.2 Å². The number of carbonyl (C=O) groups is 2. The molecule has 0 fully saturated rings. The van der Waals surface area contributed by atoms with Crippen LogP contribution in [-0.2, 0) is 23.5 Å². The predicted molar refractivity (Wildman–Crippen MR) is 245 cm³/mol. The molecule has 2 atom stereocenters. The van der Waals surface area contributed by atoms with Crippen LogP contribution in [-0.4, -0.2) is 45.4 Å². The second-order valence-electron chi connectivity index (χ2n) is 19.5. The van der Waals surface area contributed by atoms with Gasteiger partial charge in [-0.05, 0) is 64.6 Å². The van der Waals surface area contributed by atoms with E-state index in [4.69, 9.17) is 13.9 Å². The molecule has 0 spiro atoms. The van der Waals surface area contributed by atoms with Gasteiger partial charge in [-0.25, -0.2) is 0 Å². The van der Waals surface area contributed by atoms with E-state index in [0.29, 0.717) is 6.61 Å². The van der Waals surface area contributed by atoms with Crippen molar-refractivity contribution < 1.29 is 23.5 Å². The molecule has 0 aliphatic carbocycles. The van der Waals surface area contributed by atoms with Gasteiger partial charge in [-0.3, -0.25) is 9.59 Å². The fraction of sp³-hybridized carbons (Fsp3) is 0.958. The summed E-state index contributed by atoms with van der Waals surface area (Å²) < 4.78 is 17.7. The Hall–Kier alpha value is -0.403. The molecule has 0 aliphatic heterocycles. The molecule has 328 valence electrons. The van der Waals surface area contributed by atoms with E-state index in [1.807, 2.05) is 20.8 Å². The number of esters is 2. The van der Waals surface area contributed by atoms with Crippen molar-refractivity contribution in [1.82, 2.24) is 0 Å². The van der Waals surface area contributed by atoms with Crippen LogP contribution in [0.5, 0.6) is 0 Å². The van der Waals surface area contributed by atoms with E-state index in [0.717, 1.165) is 37.4 Å². The summed E-state index contributed by atoms with van der Waals surface area (Å²) >= 11 is 3.54. The lowest BCUT2D eigenvalue weighted by Gasteiger charge is -2.41. The third-order valence-electron chi connectivity index (χ3n) is 12.1. The molecule has 55 heavy (non-hydrogen) atoms. The van der Waals surface area contributed by atoms with Crippen LogP contribution in [0.1, 0.15) is 241 Å². The van der Waals surface area contributed by atoms with E-state index in [-0.39, 0.29) is 34.4 Å². The SMILES string of the molecule is COC(=O)[C@H](CCCCCCCCCCCCCCCCCCCCCCCCOC(=O)C(C)(C)C)[C@@H](CCCCCCCCCBr)O[Si](C)(C)C(C)(C)C. The molecule has 5 nitrogen and oxygen atoms in total. The Morgan fingerprint density at radius 3 is 1.16 bits per heavy atom. The number of carbonyl (C=O) groups excluding carboxylic acids is 2. The first-order chi connectivity index (χ1) is 26.2. The predicted octanol–water partition coefficient (Wildman–Crippen LogP) is 16.2. The molecular weight excluding hydrogens is 765 g/mol. The van der Waals surface area contributed by atoms with Crippen molar-refractivity contribution >= 4 is 36.2 Å². The molecule has 0 saturated heterocycles. The third kappa shape index (κ3) is 31.2. The van der Waals surface area contributed by atoms with Crippen LogP contribution < -0.4 is 0 Å². The summed E-state index contributed by atoms with van der Waals surface area (Å²) in [6, 6.07) is 0. The number of alkyl halides is 1. The summed E-state index contributed by atoms with van der Waals surface area (Å²) in [5.41, 5.74) is -0.386. The van der Waals surface area contributed by atoms with Crippen molar-refractivity contribution in [3.8, 4) is 0 Å². The molecule has 0 aromatic carbocycles. The Morgan fingerprint density at radius 1 is 0.509 bits per heavy atom. The number of ether oxygens (including phenoxy) is 2. The first-order valence-corrected chi connectivity index (χ1v) is 27.7. The molecule has 0 saturated carbocycles. The smallest absolute Gasteiger partial charge is 0.311 e. The molecule has 0 aromatic rings. The number of hydrogen-bond donors (Lipinski definition) is 0. The number of methoxy groups -OCH3 is 1. The summed E-state index contributed by atoms with van der Waals surface area (Å²) in [5, 5.41) is 1.24. The number of hydrogen-bond acceptors (Lipinski definition) is 5. The molecule has 0 N–H and O–H groups in total. The summed E-state index contributed by atoms with van der Waals surface area (Å²) in [5.74, 6) is -0.293. The summed E-state index contributed by atoms with van der Waals surface area (Å²) in [6.07, 6.45) is 39.8. The van der Waals surface area contributed by atoms with Crippen LogP contribution in [0.15, 0.2) is 0 Å². The molecule has 0 bridgehead atoms. The minimum atomic E-state index is -2.01. The van der Waals surface area contributed by atoms with E-state index in [1.165, 1.54) is 167 Å². The number of halogens is 1. The van der Waals surface area contributed by atoms with Gasteiger partial charge in [-0.15, -0.1) is 0 Å². The first kappa shape index (κ1) is 54.6. The molecule has 0 aliphatic rings. The van der Waals surface area contributed by atoms with Crippen LogP contribution in [0.4, 0.5) is 0 Å². The van der Waals surface area contributed by atoms with Gasteiger partial charge in [0.15, 0.2) is 8.32 Å². The van der Waals surface area contributed by atoms with Gasteiger partial charge in [-0.2, -0.15) is 0 Å². The largest absolute Gasteiger partial charge is 0.469 e. The highest BCUT2D eigenvalue weighted by atomic mass is 79.9. The Balaban J connectivity index is 3.98. The third-order valence-corrected chi connectivity index (χ3v) is 17.1. The van der Waals surface area contributed by atoms with Crippen molar-refractivity contribution in [2.45, 2.75) is 265 Å². The highest BCUT2D eigenvalue weighted by molar-refractivity contribution is 9.09. The highest BCUT2D eigenvalue weighted by Gasteiger charge is 2.42. The van der Waals surface area contributed by atoms with E-state index in [9.17, 15) is 9.59 Å². The lowest BCUT2D eigenvalue weighted by Crippen LogP contribution is -2.47. The van der Waals surface area contributed by atoms with Crippen molar-refractivity contribution in [3.05, 3.63) is 0 Å². The fourth-order valence-corrected chi connectivity index (χ4v) is 9.00. The Morgan fingerprint density at radius 2 is 0.836 bits per heavy atom. The minimum absolute atomic E-state index is 0.0239. The lowest BCUT2D eigenvalue weighted by atomic mass is 9.91. The molecule has 0 radical (unpaired) electrons. The van der Waals surface area contributed by atoms with E-state index < -0.39 is 8.32 Å². The zero-order valence-corrected chi connectivity index (χ0v) is 41.0. The summed E-state index contributed by atoms with van der Waals surface area (Å²) in [6.45, 7) is 17.9. The molecule has 0 amide bonds. The van der Waals surface area contributed by atoms with Crippen molar-refractivity contribution in [2.75, 3.05) is 19.0 Å². The van der Waals surface area contributed by atoms with Crippen molar-refractivity contribution in [2.24, 2.45) is 11.3 Å². The topological polar surface area (TPSA) is 61.8 Å². The van der Waals surface area contributed by atoms with Crippen molar-refractivity contribution in [3.63, 3.8) is 0 Å². The van der Waals surface area contributed by atoms with Crippen LogP contribution in [0.2, 0.25) is 18.1 Å². The molecular formula is C48H95BrO5Si. The Kier molecular flexibility index (Phi) is 34.2. The van der Waals surface area contributed by atoms with Gasteiger partial charge in [0.25, 0.3) is 0 Å². The van der Waals surface area contributed by atoms with Gasteiger partial charge in [0.1, 0.15) is 0 Å². The quantitative estimate of drug-likeness (QED) is 0.0268. The lowest BCUT2D eigenvalue weighted by molar-refractivity contribution is -0.153. The maximum Gasteiger partial charge on any atom is 0.311 e. The molecule has 0 rings (SSSR count). The average Bonchev–Trinajstić information content (AvgIpc) is 3.12. The van der Waals surface area contributed by atoms with Crippen LogP contribution in [0.25, 0.3) is 0 Å². The van der Waals surface area contributed by atoms with Crippen LogP contribution in [0.3, 0.4) is 0 Å². The maximum atomic E-state index is 13.1. The second-order valence-corrected chi connectivity index (χ2v) is 25.0. The maximum absolute atomic E-state index is 13.1. The zero-order valence-electron chi connectivity index (χ0n) is 38.4. The zero-order chi connectivity index (χ0) is 41.3. The standard InChI is InChI=1S/C48H95BrO5Si/c1-47(2,3)46(51)53-42-38-34-30-25-23-21-19-17-15-13-11-10-12-14-16-18-20-22-24-27-31-35-39-43(45(50)52-7)44(54-55(8,9)48(4,5)6)40-36-32-28-26-29-33-37-41-49/h43-44H,10-42H2,1-9H3/t43-,44-/m1/s1. The van der Waals surface area contributed by atoms with Gasteiger partial charge in [0.2, 0.25) is 0 Å². The molecule has 7 heteroatoms.